The molecule has 0 unspecified atom stereocenters. The first-order chi connectivity index (χ1) is 5.81. The zero-order valence-electron chi connectivity index (χ0n) is 9.55. The number of hydrogen-bond donors (Lipinski definition) is 1. The first-order valence-electron chi connectivity index (χ1n) is 4.88. The molecule has 1 N–H and O–H groups in total. The lowest BCUT2D eigenvalue weighted by atomic mass is 10.1. The van der Waals surface area contributed by atoms with Crippen LogP contribution in [0.25, 0.3) is 0 Å². The fourth-order valence-corrected chi connectivity index (χ4v) is 0.974. The van der Waals surface area contributed by atoms with E-state index in [4.69, 9.17) is 0 Å². The molecule has 3 nitrogen and oxygen atoms in total. The summed E-state index contributed by atoms with van der Waals surface area (Å²) in [5.74, 6) is 0.618. The van der Waals surface area contributed by atoms with E-state index >= 15 is 0 Å². The number of carbonyl (C=O) groups is 1. The highest BCUT2D eigenvalue weighted by molar-refractivity contribution is 5.75. The number of likely N-dealkylation sites (N-methyl/N-ethyl adjacent to an activating group) is 1. The Morgan fingerprint density at radius 2 is 1.85 bits per heavy atom. The third kappa shape index (κ3) is 9.34. The minimum atomic E-state index is 0.170. The lowest BCUT2D eigenvalue weighted by molar-refractivity contribution is -0.869. The van der Waals surface area contributed by atoms with Gasteiger partial charge in [-0.2, -0.15) is 0 Å². The Morgan fingerprint density at radius 1 is 1.31 bits per heavy atom. The van der Waals surface area contributed by atoms with Gasteiger partial charge in [-0.15, -0.1) is 0 Å². The highest BCUT2D eigenvalue weighted by Gasteiger charge is 2.08. The molecule has 0 saturated carbocycles. The average Bonchev–Trinajstić information content (AvgIpc) is 1.81. The number of quaternary nitrogens is 1. The summed E-state index contributed by atoms with van der Waals surface area (Å²) < 4.78 is 0.891. The monoisotopic (exact) mass is 187 g/mol. The molecule has 0 aliphatic carbocycles. The van der Waals surface area contributed by atoms with E-state index in [1.807, 2.05) is 0 Å². The molecule has 0 saturated heterocycles. The van der Waals surface area contributed by atoms with Crippen LogP contribution in [0, 0.1) is 5.92 Å². The molecule has 0 aromatic rings. The molecule has 0 heterocycles. The van der Waals surface area contributed by atoms with Gasteiger partial charge in [-0.25, -0.2) is 0 Å². The second-order valence-electron chi connectivity index (χ2n) is 4.96. The van der Waals surface area contributed by atoms with E-state index in [2.05, 4.69) is 40.3 Å². The van der Waals surface area contributed by atoms with Gasteiger partial charge in [0.15, 0.2) is 0 Å². The number of amides is 1. The van der Waals surface area contributed by atoms with Crippen molar-refractivity contribution < 1.29 is 9.28 Å². The van der Waals surface area contributed by atoms with Gasteiger partial charge in [0.05, 0.1) is 34.2 Å². The van der Waals surface area contributed by atoms with Gasteiger partial charge in [0.25, 0.3) is 0 Å². The first kappa shape index (κ1) is 12.4. The van der Waals surface area contributed by atoms with Crippen LogP contribution in [0.3, 0.4) is 0 Å². The van der Waals surface area contributed by atoms with Crippen molar-refractivity contribution in [3.05, 3.63) is 0 Å². The molecule has 0 aliphatic rings. The molecule has 0 radical (unpaired) electrons. The maximum absolute atomic E-state index is 11.2. The van der Waals surface area contributed by atoms with Gasteiger partial charge in [0.1, 0.15) is 0 Å². The highest BCUT2D eigenvalue weighted by atomic mass is 16.1. The molecule has 0 aromatic heterocycles. The van der Waals surface area contributed by atoms with Crippen LogP contribution in [-0.4, -0.2) is 44.6 Å². The first-order valence-corrected chi connectivity index (χ1v) is 4.88. The summed E-state index contributed by atoms with van der Waals surface area (Å²) in [6, 6.07) is 0. The Labute approximate surface area is 81.7 Å². The Kier molecular flexibility index (Phi) is 4.99. The van der Waals surface area contributed by atoms with Gasteiger partial charge >= 0.3 is 0 Å². The number of rotatable bonds is 5. The second-order valence-corrected chi connectivity index (χ2v) is 4.96. The molecular formula is C10H23N2O+. The van der Waals surface area contributed by atoms with Gasteiger partial charge in [0, 0.05) is 6.42 Å². The molecule has 13 heavy (non-hydrogen) atoms. The van der Waals surface area contributed by atoms with Crippen LogP contribution in [0.15, 0.2) is 0 Å². The van der Waals surface area contributed by atoms with E-state index in [1.54, 1.807) is 0 Å². The Balaban J connectivity index is 3.49. The third-order valence-corrected chi connectivity index (χ3v) is 1.70. The zero-order chi connectivity index (χ0) is 10.5. The Hall–Kier alpha value is -0.570. The minimum Gasteiger partial charge on any atom is -0.350 e. The number of hydrogen-bond acceptors (Lipinski definition) is 1. The van der Waals surface area contributed by atoms with Crippen LogP contribution in [0.4, 0.5) is 0 Å². The van der Waals surface area contributed by atoms with Crippen molar-refractivity contribution in [1.82, 2.24) is 5.32 Å². The van der Waals surface area contributed by atoms with Crippen molar-refractivity contribution in [3.8, 4) is 0 Å². The predicted molar refractivity (Wildman–Crippen MR) is 55.4 cm³/mol. The summed E-state index contributed by atoms with van der Waals surface area (Å²) in [5.41, 5.74) is 0. The number of carbonyl (C=O) groups excluding carboxylic acids is 1. The zero-order valence-corrected chi connectivity index (χ0v) is 9.55. The summed E-state index contributed by atoms with van der Waals surface area (Å²) in [4.78, 5) is 11.2. The molecule has 0 aromatic carbocycles. The van der Waals surface area contributed by atoms with Crippen molar-refractivity contribution >= 4 is 5.91 Å². The lowest BCUT2D eigenvalue weighted by Crippen LogP contribution is -2.42. The van der Waals surface area contributed by atoms with Gasteiger partial charge in [-0.3, -0.25) is 4.79 Å². The fraction of sp³-hybridized carbons (Fsp3) is 0.900. The van der Waals surface area contributed by atoms with E-state index in [9.17, 15) is 4.79 Å². The number of nitrogens with one attached hydrogen (secondary N) is 1. The van der Waals surface area contributed by atoms with Crippen LogP contribution < -0.4 is 5.32 Å². The second kappa shape index (κ2) is 5.22. The maximum atomic E-state index is 11.2. The normalized spacial score (nSPS) is 11.8. The Bertz CT molecular complexity index is 159. The molecule has 78 valence electrons. The summed E-state index contributed by atoms with van der Waals surface area (Å²) in [5, 5.41) is 2.92. The van der Waals surface area contributed by atoms with Gasteiger partial charge in [-0.05, 0) is 5.92 Å². The van der Waals surface area contributed by atoms with Crippen LogP contribution in [0.5, 0.6) is 0 Å². The van der Waals surface area contributed by atoms with Crippen molar-refractivity contribution in [2.45, 2.75) is 20.3 Å². The standard InChI is InChI=1S/C10H22N2O/c1-9(2)8-10(13)11-6-7-12(3,4)5/h9H,6-8H2,1-5H3/p+1. The molecule has 0 spiro atoms. The van der Waals surface area contributed by atoms with Crippen LogP contribution >= 0.6 is 0 Å². The topological polar surface area (TPSA) is 29.1 Å². The summed E-state index contributed by atoms with van der Waals surface area (Å²) >= 11 is 0. The van der Waals surface area contributed by atoms with E-state index in [0.29, 0.717) is 12.3 Å². The molecule has 0 bridgehead atoms. The van der Waals surface area contributed by atoms with Crippen molar-refractivity contribution in [2.24, 2.45) is 5.92 Å². The SMILES string of the molecule is CC(C)CC(=O)NCC[N+](C)(C)C. The van der Waals surface area contributed by atoms with Crippen molar-refractivity contribution in [2.75, 3.05) is 34.2 Å². The third-order valence-electron chi connectivity index (χ3n) is 1.70. The molecule has 0 rings (SSSR count). The highest BCUT2D eigenvalue weighted by Crippen LogP contribution is 1.97. The molecular weight excluding hydrogens is 164 g/mol. The van der Waals surface area contributed by atoms with E-state index in [-0.39, 0.29) is 5.91 Å². The predicted octanol–water partition coefficient (Wildman–Crippen LogP) is 0.855. The largest absolute Gasteiger partial charge is 0.350 e. The van der Waals surface area contributed by atoms with E-state index < -0.39 is 0 Å². The van der Waals surface area contributed by atoms with Gasteiger partial charge in [-0.1, -0.05) is 13.8 Å². The quantitative estimate of drug-likeness (QED) is 0.635. The Morgan fingerprint density at radius 3 is 2.23 bits per heavy atom. The summed E-state index contributed by atoms with van der Waals surface area (Å²) in [6.07, 6.45) is 0.636. The summed E-state index contributed by atoms with van der Waals surface area (Å²) in [6.45, 7) is 5.86. The molecule has 1 amide bonds. The van der Waals surface area contributed by atoms with E-state index in [0.717, 1.165) is 17.6 Å². The van der Waals surface area contributed by atoms with Crippen LogP contribution in [-0.2, 0) is 4.79 Å². The fourth-order valence-electron chi connectivity index (χ4n) is 0.974. The van der Waals surface area contributed by atoms with Gasteiger partial charge in [0.2, 0.25) is 5.91 Å². The van der Waals surface area contributed by atoms with Crippen molar-refractivity contribution in [3.63, 3.8) is 0 Å². The molecule has 0 aliphatic heterocycles. The minimum absolute atomic E-state index is 0.170. The number of nitrogens with zero attached hydrogens (tertiary/aromatic N) is 1. The van der Waals surface area contributed by atoms with Crippen LogP contribution in [0.2, 0.25) is 0 Å². The smallest absolute Gasteiger partial charge is 0.220 e. The van der Waals surface area contributed by atoms with E-state index in [1.165, 1.54) is 0 Å². The maximum Gasteiger partial charge on any atom is 0.220 e. The molecule has 0 atom stereocenters. The summed E-state index contributed by atoms with van der Waals surface area (Å²) in [7, 11) is 6.36. The lowest BCUT2D eigenvalue weighted by Gasteiger charge is -2.23. The van der Waals surface area contributed by atoms with Crippen LogP contribution in [0.1, 0.15) is 20.3 Å². The average molecular weight is 187 g/mol. The molecule has 3 heteroatoms. The van der Waals surface area contributed by atoms with Crippen molar-refractivity contribution in [1.29, 1.82) is 0 Å². The molecule has 0 fully saturated rings. The van der Waals surface area contributed by atoms with Gasteiger partial charge < -0.3 is 9.80 Å².